The van der Waals surface area contributed by atoms with Crippen molar-refractivity contribution < 1.29 is 4.74 Å². The lowest BCUT2D eigenvalue weighted by Gasteiger charge is -2.15. The number of benzene rings is 1. The van der Waals surface area contributed by atoms with Crippen LogP contribution in [-0.4, -0.2) is 19.2 Å². The number of rotatable bonds is 3. The van der Waals surface area contributed by atoms with Crippen molar-refractivity contribution in [2.45, 2.75) is 32.0 Å². The smallest absolute Gasteiger partial charge is 0.0731 e. The van der Waals surface area contributed by atoms with E-state index in [4.69, 9.17) is 4.74 Å². The first kappa shape index (κ1) is 12.1. The van der Waals surface area contributed by atoms with Gasteiger partial charge in [0.15, 0.2) is 0 Å². The molecular formula is C13H18BrNO. The van der Waals surface area contributed by atoms with Crippen molar-refractivity contribution in [1.29, 1.82) is 0 Å². The molecule has 1 saturated heterocycles. The standard InChI is InChI=1S/C13H18BrNO/c14-13-6-2-1-4-11(13)10-16-12-5-3-8-15-9-7-12/h1-2,4,6,12,15H,3,5,7-10H2. The van der Waals surface area contributed by atoms with E-state index in [1.54, 1.807) is 0 Å². The summed E-state index contributed by atoms with van der Waals surface area (Å²) in [5, 5.41) is 3.40. The van der Waals surface area contributed by atoms with Crippen LogP contribution < -0.4 is 5.32 Å². The molecule has 3 heteroatoms. The van der Waals surface area contributed by atoms with Crippen LogP contribution >= 0.6 is 15.9 Å². The maximum atomic E-state index is 5.96. The topological polar surface area (TPSA) is 21.3 Å². The van der Waals surface area contributed by atoms with Crippen molar-refractivity contribution in [1.82, 2.24) is 5.32 Å². The molecule has 1 aliphatic heterocycles. The number of nitrogens with one attached hydrogen (secondary N) is 1. The lowest BCUT2D eigenvalue weighted by atomic mass is 10.1. The Hall–Kier alpha value is -0.380. The third-order valence-corrected chi connectivity index (χ3v) is 3.73. The highest BCUT2D eigenvalue weighted by Gasteiger charge is 2.12. The molecule has 1 atom stereocenters. The predicted octanol–water partition coefficient (Wildman–Crippen LogP) is 3.11. The fraction of sp³-hybridized carbons (Fsp3) is 0.538. The van der Waals surface area contributed by atoms with Gasteiger partial charge in [0.25, 0.3) is 0 Å². The molecule has 1 N–H and O–H groups in total. The minimum absolute atomic E-state index is 0.419. The van der Waals surface area contributed by atoms with Crippen LogP contribution in [-0.2, 0) is 11.3 Å². The van der Waals surface area contributed by atoms with E-state index in [1.807, 2.05) is 6.07 Å². The van der Waals surface area contributed by atoms with Gasteiger partial charge in [-0.15, -0.1) is 0 Å². The van der Waals surface area contributed by atoms with Gasteiger partial charge < -0.3 is 10.1 Å². The molecule has 1 aromatic rings. The fourth-order valence-corrected chi connectivity index (χ4v) is 2.38. The van der Waals surface area contributed by atoms with Crippen molar-refractivity contribution in [3.8, 4) is 0 Å². The summed E-state index contributed by atoms with van der Waals surface area (Å²) in [6.07, 6.45) is 3.95. The molecule has 0 bridgehead atoms. The maximum absolute atomic E-state index is 5.96. The molecule has 0 spiro atoms. The summed E-state index contributed by atoms with van der Waals surface area (Å²) in [5.74, 6) is 0. The summed E-state index contributed by atoms with van der Waals surface area (Å²) < 4.78 is 7.10. The van der Waals surface area contributed by atoms with E-state index in [0.717, 1.165) is 24.0 Å². The molecule has 88 valence electrons. The van der Waals surface area contributed by atoms with E-state index in [9.17, 15) is 0 Å². The number of hydrogen-bond acceptors (Lipinski definition) is 2. The molecule has 2 rings (SSSR count). The van der Waals surface area contributed by atoms with Crippen molar-refractivity contribution in [3.05, 3.63) is 34.3 Å². The van der Waals surface area contributed by atoms with Gasteiger partial charge in [-0.2, -0.15) is 0 Å². The molecule has 0 saturated carbocycles. The second-order valence-electron chi connectivity index (χ2n) is 4.21. The molecule has 0 radical (unpaired) electrons. The van der Waals surface area contributed by atoms with Crippen LogP contribution in [0.4, 0.5) is 0 Å². The van der Waals surface area contributed by atoms with E-state index in [1.165, 1.54) is 18.4 Å². The third kappa shape index (κ3) is 3.58. The fourth-order valence-electron chi connectivity index (χ4n) is 1.98. The van der Waals surface area contributed by atoms with Crippen LogP contribution in [0, 0.1) is 0 Å². The third-order valence-electron chi connectivity index (χ3n) is 2.96. The molecule has 1 heterocycles. The average Bonchev–Trinajstić information content (AvgIpc) is 2.56. The SMILES string of the molecule is Brc1ccccc1COC1CCCNCC1. The summed E-state index contributed by atoms with van der Waals surface area (Å²) in [4.78, 5) is 0. The molecule has 1 aromatic carbocycles. The normalized spacial score (nSPS) is 21.7. The molecule has 1 unspecified atom stereocenters. The van der Waals surface area contributed by atoms with Crippen LogP contribution in [0.25, 0.3) is 0 Å². The highest BCUT2D eigenvalue weighted by Crippen LogP contribution is 2.19. The number of hydrogen-bond donors (Lipinski definition) is 1. The first-order valence-corrected chi connectivity index (χ1v) is 6.71. The minimum atomic E-state index is 0.419. The predicted molar refractivity (Wildman–Crippen MR) is 69.4 cm³/mol. The maximum Gasteiger partial charge on any atom is 0.0731 e. The van der Waals surface area contributed by atoms with Crippen molar-refractivity contribution in [2.24, 2.45) is 0 Å². The molecular weight excluding hydrogens is 266 g/mol. The van der Waals surface area contributed by atoms with E-state index >= 15 is 0 Å². The van der Waals surface area contributed by atoms with Crippen molar-refractivity contribution >= 4 is 15.9 Å². The van der Waals surface area contributed by atoms with Gasteiger partial charge in [-0.1, -0.05) is 34.1 Å². The highest BCUT2D eigenvalue weighted by atomic mass is 79.9. The molecule has 16 heavy (non-hydrogen) atoms. The van der Waals surface area contributed by atoms with Gasteiger partial charge >= 0.3 is 0 Å². The zero-order chi connectivity index (χ0) is 11.2. The van der Waals surface area contributed by atoms with Gasteiger partial charge in [0.2, 0.25) is 0 Å². The average molecular weight is 284 g/mol. The van der Waals surface area contributed by atoms with Crippen LogP contribution in [0.15, 0.2) is 28.7 Å². The summed E-state index contributed by atoms with van der Waals surface area (Å²) in [5.41, 5.74) is 1.24. The van der Waals surface area contributed by atoms with Gasteiger partial charge in [0, 0.05) is 4.47 Å². The summed E-state index contributed by atoms with van der Waals surface area (Å²) in [6, 6.07) is 8.26. The van der Waals surface area contributed by atoms with Crippen LogP contribution in [0.2, 0.25) is 0 Å². The van der Waals surface area contributed by atoms with Gasteiger partial charge in [0.05, 0.1) is 12.7 Å². The molecule has 1 aliphatic rings. The molecule has 2 nitrogen and oxygen atoms in total. The second-order valence-corrected chi connectivity index (χ2v) is 5.06. The molecule has 0 aromatic heterocycles. The lowest BCUT2D eigenvalue weighted by molar-refractivity contribution is 0.0328. The Morgan fingerprint density at radius 3 is 3.00 bits per heavy atom. The Balaban J connectivity index is 1.84. The molecule has 1 fully saturated rings. The van der Waals surface area contributed by atoms with E-state index in [2.05, 4.69) is 39.4 Å². The Morgan fingerprint density at radius 2 is 2.12 bits per heavy atom. The quantitative estimate of drug-likeness (QED) is 0.921. The van der Waals surface area contributed by atoms with Gasteiger partial charge in [-0.3, -0.25) is 0 Å². The van der Waals surface area contributed by atoms with Crippen LogP contribution in [0.1, 0.15) is 24.8 Å². The van der Waals surface area contributed by atoms with E-state index < -0.39 is 0 Å². The van der Waals surface area contributed by atoms with Gasteiger partial charge in [-0.05, 0) is 44.0 Å². The van der Waals surface area contributed by atoms with Crippen LogP contribution in [0.3, 0.4) is 0 Å². The zero-order valence-electron chi connectivity index (χ0n) is 9.42. The zero-order valence-corrected chi connectivity index (χ0v) is 11.0. The van der Waals surface area contributed by atoms with Crippen molar-refractivity contribution in [2.75, 3.05) is 13.1 Å². The second kappa shape index (κ2) is 6.38. The Kier molecular flexibility index (Phi) is 4.82. The summed E-state index contributed by atoms with van der Waals surface area (Å²) >= 11 is 3.54. The van der Waals surface area contributed by atoms with Crippen molar-refractivity contribution in [3.63, 3.8) is 0 Å². The van der Waals surface area contributed by atoms with Crippen LogP contribution in [0.5, 0.6) is 0 Å². The number of halogens is 1. The minimum Gasteiger partial charge on any atom is -0.373 e. The first-order valence-electron chi connectivity index (χ1n) is 5.92. The van der Waals surface area contributed by atoms with Gasteiger partial charge in [-0.25, -0.2) is 0 Å². The summed E-state index contributed by atoms with van der Waals surface area (Å²) in [7, 11) is 0. The first-order chi connectivity index (χ1) is 7.86. The highest BCUT2D eigenvalue weighted by molar-refractivity contribution is 9.10. The Morgan fingerprint density at radius 1 is 1.25 bits per heavy atom. The van der Waals surface area contributed by atoms with E-state index in [0.29, 0.717) is 12.7 Å². The Labute approximate surface area is 106 Å². The summed E-state index contributed by atoms with van der Waals surface area (Å²) in [6.45, 7) is 2.93. The lowest BCUT2D eigenvalue weighted by Crippen LogP contribution is -2.17. The van der Waals surface area contributed by atoms with Gasteiger partial charge in [0.1, 0.15) is 0 Å². The largest absolute Gasteiger partial charge is 0.373 e. The number of ether oxygens (including phenoxy) is 1. The molecule has 0 aliphatic carbocycles. The van der Waals surface area contributed by atoms with E-state index in [-0.39, 0.29) is 0 Å². The monoisotopic (exact) mass is 283 g/mol. The molecule has 0 amide bonds. The Bertz CT molecular complexity index is 321.